The molecule has 1 atom stereocenters. The Bertz CT molecular complexity index is 564. The van der Waals surface area contributed by atoms with Crippen molar-refractivity contribution in [1.82, 2.24) is 5.32 Å². The molecule has 1 rings (SSSR count). The SMILES string of the molecule is N#Cc1cccc(CC(NC(=O)C(F)(F)F)C(=O)O)c1. The van der Waals surface area contributed by atoms with Gasteiger partial charge in [-0.2, -0.15) is 18.4 Å². The molecule has 0 spiro atoms. The molecule has 0 aromatic heterocycles. The van der Waals surface area contributed by atoms with E-state index in [4.69, 9.17) is 10.4 Å². The Labute approximate surface area is 111 Å². The molecule has 0 aliphatic heterocycles. The van der Waals surface area contributed by atoms with Crippen LogP contribution in [-0.4, -0.2) is 29.2 Å². The summed E-state index contributed by atoms with van der Waals surface area (Å²) < 4.78 is 36.2. The average molecular weight is 286 g/mol. The maximum atomic E-state index is 12.1. The number of hydrogen-bond acceptors (Lipinski definition) is 3. The molecule has 0 saturated carbocycles. The molecule has 20 heavy (non-hydrogen) atoms. The molecule has 0 aliphatic carbocycles. The molecule has 0 bridgehead atoms. The number of rotatable bonds is 4. The lowest BCUT2D eigenvalue weighted by Gasteiger charge is -2.15. The molecule has 0 heterocycles. The van der Waals surface area contributed by atoms with Crippen LogP contribution in [-0.2, 0) is 16.0 Å². The van der Waals surface area contributed by atoms with E-state index in [1.165, 1.54) is 29.6 Å². The highest BCUT2D eigenvalue weighted by molar-refractivity contribution is 5.87. The molecule has 0 fully saturated rings. The molecular weight excluding hydrogens is 277 g/mol. The number of halogens is 3. The van der Waals surface area contributed by atoms with Gasteiger partial charge < -0.3 is 10.4 Å². The second-order valence-electron chi connectivity index (χ2n) is 3.88. The van der Waals surface area contributed by atoms with Gasteiger partial charge in [0, 0.05) is 6.42 Å². The molecule has 1 aromatic carbocycles. The van der Waals surface area contributed by atoms with Crippen LogP contribution in [0.4, 0.5) is 13.2 Å². The fourth-order valence-electron chi connectivity index (χ4n) is 1.44. The smallest absolute Gasteiger partial charge is 0.471 e. The minimum atomic E-state index is -5.15. The quantitative estimate of drug-likeness (QED) is 0.871. The summed E-state index contributed by atoms with van der Waals surface area (Å²) in [5, 5.41) is 18.9. The van der Waals surface area contributed by atoms with Gasteiger partial charge in [0.1, 0.15) is 6.04 Å². The van der Waals surface area contributed by atoms with Crippen LogP contribution in [0.25, 0.3) is 0 Å². The van der Waals surface area contributed by atoms with Crippen LogP contribution in [0.1, 0.15) is 11.1 Å². The molecule has 0 aliphatic rings. The highest BCUT2D eigenvalue weighted by Gasteiger charge is 2.40. The second-order valence-corrected chi connectivity index (χ2v) is 3.88. The zero-order valence-electron chi connectivity index (χ0n) is 9.94. The topological polar surface area (TPSA) is 90.2 Å². The number of amides is 1. The number of carbonyl (C=O) groups excluding carboxylic acids is 1. The first kappa shape index (κ1) is 15.5. The number of carbonyl (C=O) groups is 2. The van der Waals surface area contributed by atoms with Gasteiger partial charge in [0.25, 0.3) is 0 Å². The molecule has 0 radical (unpaired) electrons. The highest BCUT2D eigenvalue weighted by atomic mass is 19.4. The monoisotopic (exact) mass is 286 g/mol. The van der Waals surface area contributed by atoms with Crippen molar-refractivity contribution in [1.29, 1.82) is 5.26 Å². The minimum absolute atomic E-state index is 0.244. The Hall–Kier alpha value is -2.56. The molecule has 8 heteroatoms. The lowest BCUT2D eigenvalue weighted by Crippen LogP contribution is -2.47. The lowest BCUT2D eigenvalue weighted by atomic mass is 10.0. The maximum absolute atomic E-state index is 12.1. The predicted molar refractivity (Wildman–Crippen MR) is 60.5 cm³/mol. The molecule has 1 amide bonds. The first-order valence-corrected chi connectivity index (χ1v) is 5.33. The Morgan fingerprint density at radius 3 is 2.55 bits per heavy atom. The third-order valence-electron chi connectivity index (χ3n) is 2.36. The Morgan fingerprint density at radius 2 is 2.05 bits per heavy atom. The fraction of sp³-hybridized carbons (Fsp3) is 0.250. The van der Waals surface area contributed by atoms with Crippen LogP contribution >= 0.6 is 0 Å². The van der Waals surface area contributed by atoms with E-state index >= 15 is 0 Å². The summed E-state index contributed by atoms with van der Waals surface area (Å²) in [4.78, 5) is 21.6. The predicted octanol–water partition coefficient (Wildman–Crippen LogP) is 1.23. The zero-order valence-corrected chi connectivity index (χ0v) is 9.94. The summed E-state index contributed by atoms with van der Waals surface area (Å²) in [5.74, 6) is -3.91. The van der Waals surface area contributed by atoms with E-state index in [0.29, 0.717) is 5.56 Å². The van der Waals surface area contributed by atoms with Crippen molar-refractivity contribution in [3.8, 4) is 6.07 Å². The number of carboxylic acid groups (broad SMARTS) is 1. The number of alkyl halides is 3. The summed E-state index contributed by atoms with van der Waals surface area (Å²) in [7, 11) is 0. The van der Waals surface area contributed by atoms with Gasteiger partial charge in [-0.3, -0.25) is 4.79 Å². The summed E-state index contributed by atoms with van der Waals surface area (Å²) >= 11 is 0. The number of carboxylic acids is 1. The maximum Gasteiger partial charge on any atom is 0.471 e. The summed E-state index contributed by atoms with van der Waals surface area (Å²) in [6.45, 7) is 0. The third-order valence-corrected chi connectivity index (χ3v) is 2.36. The largest absolute Gasteiger partial charge is 0.480 e. The van der Waals surface area contributed by atoms with Crippen molar-refractivity contribution < 1.29 is 27.9 Å². The van der Waals surface area contributed by atoms with Crippen LogP contribution in [0.3, 0.4) is 0 Å². The van der Waals surface area contributed by atoms with Gasteiger partial charge in [-0.15, -0.1) is 0 Å². The van der Waals surface area contributed by atoms with Gasteiger partial charge in [0.05, 0.1) is 11.6 Å². The normalized spacial score (nSPS) is 12.3. The minimum Gasteiger partial charge on any atom is -0.480 e. The Kier molecular flexibility index (Phi) is 4.69. The van der Waals surface area contributed by atoms with Crippen molar-refractivity contribution >= 4 is 11.9 Å². The Morgan fingerprint density at radius 1 is 1.40 bits per heavy atom. The molecule has 1 aromatic rings. The van der Waals surface area contributed by atoms with E-state index in [9.17, 15) is 22.8 Å². The van der Waals surface area contributed by atoms with Crippen molar-refractivity contribution in [2.45, 2.75) is 18.6 Å². The number of nitrogens with zero attached hydrogens (tertiary/aromatic N) is 1. The van der Waals surface area contributed by atoms with E-state index in [0.717, 1.165) is 0 Å². The van der Waals surface area contributed by atoms with E-state index in [-0.39, 0.29) is 12.0 Å². The van der Waals surface area contributed by atoms with Crippen LogP contribution < -0.4 is 5.32 Å². The van der Waals surface area contributed by atoms with Crippen molar-refractivity contribution in [2.24, 2.45) is 0 Å². The van der Waals surface area contributed by atoms with Crippen LogP contribution in [0, 0.1) is 11.3 Å². The van der Waals surface area contributed by atoms with Gasteiger partial charge in [-0.1, -0.05) is 12.1 Å². The van der Waals surface area contributed by atoms with Crippen molar-refractivity contribution in [3.63, 3.8) is 0 Å². The summed E-state index contributed by atoms with van der Waals surface area (Å²) in [5.41, 5.74) is 0.577. The standard InChI is InChI=1S/C12H9F3N2O3/c13-12(14,15)11(20)17-9(10(18)19)5-7-2-1-3-8(4-7)6-16/h1-4,9H,5H2,(H,17,20)(H,18,19). The van der Waals surface area contributed by atoms with Gasteiger partial charge in [0.15, 0.2) is 0 Å². The molecule has 1 unspecified atom stereocenters. The van der Waals surface area contributed by atoms with Gasteiger partial charge in [0.2, 0.25) is 0 Å². The zero-order chi connectivity index (χ0) is 15.3. The van der Waals surface area contributed by atoms with Gasteiger partial charge in [-0.25, -0.2) is 4.79 Å². The number of nitrogens with one attached hydrogen (secondary N) is 1. The molecule has 2 N–H and O–H groups in total. The fourth-order valence-corrected chi connectivity index (χ4v) is 1.44. The molecule has 0 saturated heterocycles. The van der Waals surface area contributed by atoms with E-state index in [2.05, 4.69) is 0 Å². The first-order chi connectivity index (χ1) is 9.24. The van der Waals surface area contributed by atoms with Crippen LogP contribution in [0.15, 0.2) is 24.3 Å². The van der Waals surface area contributed by atoms with E-state index < -0.39 is 24.1 Å². The number of hydrogen-bond donors (Lipinski definition) is 2. The van der Waals surface area contributed by atoms with Gasteiger partial charge >= 0.3 is 18.1 Å². The average Bonchev–Trinajstić information content (AvgIpc) is 2.36. The number of nitriles is 1. The lowest BCUT2D eigenvalue weighted by molar-refractivity contribution is -0.175. The van der Waals surface area contributed by atoms with E-state index in [1.807, 2.05) is 6.07 Å². The first-order valence-electron chi connectivity index (χ1n) is 5.33. The van der Waals surface area contributed by atoms with Gasteiger partial charge in [-0.05, 0) is 17.7 Å². The highest BCUT2D eigenvalue weighted by Crippen LogP contribution is 2.15. The van der Waals surface area contributed by atoms with Crippen molar-refractivity contribution in [2.75, 3.05) is 0 Å². The van der Waals surface area contributed by atoms with Crippen LogP contribution in [0.5, 0.6) is 0 Å². The number of benzene rings is 1. The Balaban J connectivity index is 2.85. The van der Waals surface area contributed by atoms with E-state index in [1.54, 1.807) is 0 Å². The van der Waals surface area contributed by atoms with Crippen molar-refractivity contribution in [3.05, 3.63) is 35.4 Å². The number of aliphatic carboxylic acids is 1. The van der Waals surface area contributed by atoms with Crippen LogP contribution in [0.2, 0.25) is 0 Å². The summed E-state index contributed by atoms with van der Waals surface area (Å²) in [6.07, 6.45) is -5.51. The molecule has 5 nitrogen and oxygen atoms in total. The summed E-state index contributed by atoms with van der Waals surface area (Å²) in [6, 6.07) is 5.83. The molecular formula is C12H9F3N2O3. The third kappa shape index (κ3) is 4.28. The molecule has 106 valence electrons. The second kappa shape index (κ2) is 6.06.